The van der Waals surface area contributed by atoms with Crippen LogP contribution in [0.1, 0.15) is 35.0 Å². The van der Waals surface area contributed by atoms with Crippen molar-refractivity contribution in [2.24, 2.45) is 5.10 Å². The van der Waals surface area contributed by atoms with Gasteiger partial charge in [-0.25, -0.2) is 10.5 Å². The third-order valence-corrected chi connectivity index (χ3v) is 3.89. The highest BCUT2D eigenvalue weighted by Crippen LogP contribution is 2.12. The number of rotatable bonds is 4. The van der Waals surface area contributed by atoms with Gasteiger partial charge in [0.2, 0.25) is 0 Å². The zero-order chi connectivity index (χ0) is 18.5. The highest BCUT2D eigenvalue weighted by atomic mass is 16.2. The van der Waals surface area contributed by atoms with E-state index in [4.69, 9.17) is 5.26 Å². The van der Waals surface area contributed by atoms with Crippen LogP contribution in [-0.4, -0.2) is 21.8 Å². The van der Waals surface area contributed by atoms with E-state index in [9.17, 15) is 9.59 Å². The monoisotopic (exact) mass is 345 g/mol. The Labute approximate surface area is 149 Å². The number of carbonyl (C=O) groups excluding carboxylic acids is 1. The number of fused-ring (bicyclic) bond motifs is 1. The third-order valence-electron chi connectivity index (χ3n) is 3.89. The minimum Gasteiger partial charge on any atom is -0.267 e. The summed E-state index contributed by atoms with van der Waals surface area (Å²) >= 11 is 0. The van der Waals surface area contributed by atoms with E-state index < -0.39 is 5.91 Å². The molecule has 7 nitrogen and oxygen atoms in total. The maximum atomic E-state index is 12.5. The Morgan fingerprint density at radius 1 is 1.19 bits per heavy atom. The van der Waals surface area contributed by atoms with E-state index in [2.05, 4.69) is 26.8 Å². The van der Waals surface area contributed by atoms with Gasteiger partial charge in [-0.3, -0.25) is 9.59 Å². The molecule has 0 aliphatic heterocycles. The first kappa shape index (κ1) is 17.0. The number of H-pyrrole nitrogens is 1. The molecular weight excluding hydrogens is 330 g/mol. The van der Waals surface area contributed by atoms with E-state index >= 15 is 0 Å². The minimum absolute atomic E-state index is 0.0965. The molecule has 1 heterocycles. The van der Waals surface area contributed by atoms with Crippen LogP contribution in [0.3, 0.4) is 0 Å². The number of nitrogens with one attached hydrogen (secondary N) is 2. The fourth-order valence-electron chi connectivity index (χ4n) is 2.54. The van der Waals surface area contributed by atoms with Crippen LogP contribution < -0.4 is 11.0 Å². The van der Waals surface area contributed by atoms with Crippen molar-refractivity contribution in [3.05, 3.63) is 75.7 Å². The summed E-state index contributed by atoms with van der Waals surface area (Å²) in [5.41, 5.74) is 4.26. The van der Waals surface area contributed by atoms with Crippen LogP contribution in [0.4, 0.5) is 0 Å². The van der Waals surface area contributed by atoms with Gasteiger partial charge in [-0.1, -0.05) is 37.3 Å². The smallest absolute Gasteiger partial charge is 0.267 e. The van der Waals surface area contributed by atoms with Gasteiger partial charge < -0.3 is 0 Å². The van der Waals surface area contributed by atoms with Crippen LogP contribution in [-0.2, 0) is 0 Å². The summed E-state index contributed by atoms with van der Waals surface area (Å²) in [5, 5.41) is 20.1. The SMILES string of the molecule is CC/C(=N\NC(=O)c1n[nH]c(=O)c2ccccc12)c1ccc(C#N)cc1. The summed E-state index contributed by atoms with van der Waals surface area (Å²) in [5.74, 6) is -0.517. The first-order valence-corrected chi connectivity index (χ1v) is 7.99. The average Bonchev–Trinajstić information content (AvgIpc) is 2.69. The lowest BCUT2D eigenvalue weighted by molar-refractivity contribution is 0.0950. The van der Waals surface area contributed by atoms with Gasteiger partial charge in [0.05, 0.1) is 22.7 Å². The lowest BCUT2D eigenvalue weighted by Crippen LogP contribution is -2.24. The predicted octanol–water partition coefficient (Wildman–Crippen LogP) is 2.34. The Morgan fingerprint density at radius 2 is 1.88 bits per heavy atom. The molecule has 0 saturated carbocycles. The van der Waals surface area contributed by atoms with Crippen molar-refractivity contribution >= 4 is 22.4 Å². The molecule has 0 saturated heterocycles. The van der Waals surface area contributed by atoms with E-state index in [0.717, 1.165) is 5.56 Å². The number of aromatic nitrogens is 2. The molecule has 0 spiro atoms. The van der Waals surface area contributed by atoms with Crippen molar-refractivity contribution in [3.63, 3.8) is 0 Å². The molecule has 1 aromatic heterocycles. The summed E-state index contributed by atoms with van der Waals surface area (Å²) in [6, 6.07) is 15.7. The predicted molar refractivity (Wildman–Crippen MR) is 97.8 cm³/mol. The number of hydrazone groups is 1. The fraction of sp³-hybridized carbons (Fsp3) is 0.105. The highest BCUT2D eigenvalue weighted by molar-refractivity contribution is 6.06. The van der Waals surface area contributed by atoms with Gasteiger partial charge in [-0.15, -0.1) is 0 Å². The van der Waals surface area contributed by atoms with Gasteiger partial charge in [-0.2, -0.15) is 15.5 Å². The number of aromatic amines is 1. The van der Waals surface area contributed by atoms with E-state index in [1.807, 2.05) is 6.92 Å². The molecule has 3 aromatic rings. The Bertz CT molecular complexity index is 1090. The standard InChI is InChI=1S/C19H15N5O2/c1-2-16(13-9-7-12(11-20)8-10-13)21-24-19(26)17-14-5-3-4-6-15(14)18(25)23-22-17/h3-10H,2H2,1H3,(H,23,25)(H,24,26)/b21-16+. The molecule has 3 rings (SSSR count). The molecule has 0 bridgehead atoms. The minimum atomic E-state index is -0.517. The van der Waals surface area contributed by atoms with Crippen LogP contribution in [0.25, 0.3) is 10.8 Å². The first-order chi connectivity index (χ1) is 12.6. The highest BCUT2D eigenvalue weighted by Gasteiger charge is 2.13. The summed E-state index contributed by atoms with van der Waals surface area (Å²) in [6.07, 6.45) is 0.589. The number of hydrogen-bond acceptors (Lipinski definition) is 5. The van der Waals surface area contributed by atoms with Crippen molar-refractivity contribution in [3.8, 4) is 6.07 Å². The van der Waals surface area contributed by atoms with Gasteiger partial charge in [0.15, 0.2) is 5.69 Å². The van der Waals surface area contributed by atoms with E-state index in [1.165, 1.54) is 0 Å². The number of benzene rings is 2. The van der Waals surface area contributed by atoms with Crippen LogP contribution in [0, 0.1) is 11.3 Å². The molecule has 0 aliphatic carbocycles. The number of hydrogen-bond donors (Lipinski definition) is 2. The maximum Gasteiger partial charge on any atom is 0.292 e. The van der Waals surface area contributed by atoms with Crippen LogP contribution in [0.2, 0.25) is 0 Å². The Balaban J connectivity index is 1.89. The molecule has 0 fully saturated rings. The van der Waals surface area contributed by atoms with Crippen molar-refractivity contribution in [1.82, 2.24) is 15.6 Å². The molecule has 0 radical (unpaired) electrons. The second kappa shape index (κ2) is 7.40. The molecule has 0 aliphatic rings. The Morgan fingerprint density at radius 3 is 2.54 bits per heavy atom. The zero-order valence-electron chi connectivity index (χ0n) is 14.0. The Kier molecular flexibility index (Phi) is 4.85. The topological polar surface area (TPSA) is 111 Å². The number of nitriles is 1. The fourth-order valence-corrected chi connectivity index (χ4v) is 2.54. The molecule has 1 amide bonds. The normalized spacial score (nSPS) is 11.2. The summed E-state index contributed by atoms with van der Waals surface area (Å²) in [4.78, 5) is 24.3. The third kappa shape index (κ3) is 3.35. The lowest BCUT2D eigenvalue weighted by atomic mass is 10.1. The van der Waals surface area contributed by atoms with Gasteiger partial charge >= 0.3 is 0 Å². The molecule has 0 atom stereocenters. The van der Waals surface area contributed by atoms with Crippen molar-refractivity contribution < 1.29 is 4.79 Å². The van der Waals surface area contributed by atoms with Gasteiger partial charge in [0.25, 0.3) is 11.5 Å². The number of carbonyl (C=O) groups is 1. The van der Waals surface area contributed by atoms with Gasteiger partial charge in [0, 0.05) is 5.39 Å². The number of nitrogens with zero attached hydrogens (tertiary/aromatic N) is 3. The van der Waals surface area contributed by atoms with Gasteiger partial charge in [0.1, 0.15) is 0 Å². The lowest BCUT2D eigenvalue weighted by Gasteiger charge is -2.06. The largest absolute Gasteiger partial charge is 0.292 e. The average molecular weight is 345 g/mol. The summed E-state index contributed by atoms with van der Waals surface area (Å²) in [6.45, 7) is 1.91. The first-order valence-electron chi connectivity index (χ1n) is 7.99. The number of amides is 1. The van der Waals surface area contributed by atoms with Crippen LogP contribution in [0.15, 0.2) is 58.4 Å². The molecule has 2 N–H and O–H groups in total. The molecule has 2 aromatic carbocycles. The maximum absolute atomic E-state index is 12.5. The molecule has 7 heteroatoms. The van der Waals surface area contributed by atoms with Crippen molar-refractivity contribution in [1.29, 1.82) is 5.26 Å². The van der Waals surface area contributed by atoms with E-state index in [1.54, 1.807) is 48.5 Å². The second-order valence-corrected chi connectivity index (χ2v) is 5.49. The van der Waals surface area contributed by atoms with E-state index in [-0.39, 0.29) is 11.3 Å². The van der Waals surface area contributed by atoms with Crippen molar-refractivity contribution in [2.45, 2.75) is 13.3 Å². The summed E-state index contributed by atoms with van der Waals surface area (Å²) < 4.78 is 0. The summed E-state index contributed by atoms with van der Waals surface area (Å²) in [7, 11) is 0. The van der Waals surface area contributed by atoms with Crippen molar-refractivity contribution in [2.75, 3.05) is 0 Å². The molecule has 26 heavy (non-hydrogen) atoms. The molecule has 0 unspecified atom stereocenters. The molecule has 128 valence electrons. The van der Waals surface area contributed by atoms with Crippen LogP contribution in [0.5, 0.6) is 0 Å². The quantitative estimate of drug-likeness (QED) is 0.558. The van der Waals surface area contributed by atoms with Gasteiger partial charge in [-0.05, 0) is 30.2 Å². The van der Waals surface area contributed by atoms with E-state index in [0.29, 0.717) is 28.5 Å². The molecular formula is C19H15N5O2. The Hall–Kier alpha value is -3.79. The van der Waals surface area contributed by atoms with Crippen LogP contribution >= 0.6 is 0 Å². The second-order valence-electron chi connectivity index (χ2n) is 5.49. The zero-order valence-corrected chi connectivity index (χ0v) is 14.0.